The zero-order valence-electron chi connectivity index (χ0n) is 9.91. The van der Waals surface area contributed by atoms with Crippen molar-refractivity contribution in [2.75, 3.05) is 19.7 Å². The van der Waals surface area contributed by atoms with E-state index in [0.717, 1.165) is 19.4 Å². The number of rotatable bonds is 6. The second kappa shape index (κ2) is 5.73. The molecular formula is C12H12F5NO. The summed E-state index contributed by atoms with van der Waals surface area (Å²) in [7, 11) is 0. The molecule has 0 aromatic heterocycles. The van der Waals surface area contributed by atoms with Gasteiger partial charge >= 0.3 is 0 Å². The second-order valence-electron chi connectivity index (χ2n) is 4.39. The minimum absolute atomic E-state index is 0.176. The molecule has 19 heavy (non-hydrogen) atoms. The third-order valence-electron chi connectivity index (χ3n) is 2.82. The fourth-order valence-electron chi connectivity index (χ4n) is 1.56. The molecule has 0 unspecified atom stereocenters. The summed E-state index contributed by atoms with van der Waals surface area (Å²) < 4.78 is 69.4. The normalized spacial score (nSPS) is 14.8. The van der Waals surface area contributed by atoms with Gasteiger partial charge < -0.3 is 10.1 Å². The van der Waals surface area contributed by atoms with Crippen LogP contribution >= 0.6 is 0 Å². The van der Waals surface area contributed by atoms with Crippen molar-refractivity contribution in [1.82, 2.24) is 5.32 Å². The van der Waals surface area contributed by atoms with Crippen LogP contribution in [0.3, 0.4) is 0 Å². The molecule has 0 atom stereocenters. The van der Waals surface area contributed by atoms with E-state index in [4.69, 9.17) is 0 Å². The number of nitrogens with one attached hydrogen (secondary N) is 1. The first-order valence-corrected chi connectivity index (χ1v) is 5.87. The minimum atomic E-state index is -2.19. The summed E-state index contributed by atoms with van der Waals surface area (Å²) in [4.78, 5) is 0. The summed E-state index contributed by atoms with van der Waals surface area (Å²) in [5.41, 5.74) is 0. The molecule has 1 fully saturated rings. The quantitative estimate of drug-likeness (QED) is 0.375. The highest BCUT2D eigenvalue weighted by Crippen LogP contribution is 2.29. The van der Waals surface area contributed by atoms with Gasteiger partial charge in [-0.25, -0.2) is 13.2 Å². The molecule has 7 heteroatoms. The highest BCUT2D eigenvalue weighted by molar-refractivity contribution is 5.29. The third-order valence-corrected chi connectivity index (χ3v) is 2.82. The van der Waals surface area contributed by atoms with Crippen molar-refractivity contribution >= 4 is 0 Å². The van der Waals surface area contributed by atoms with Crippen LogP contribution in [0.15, 0.2) is 0 Å². The molecule has 2 nitrogen and oxygen atoms in total. The molecule has 0 saturated heterocycles. The maximum absolute atomic E-state index is 13.2. The first-order valence-electron chi connectivity index (χ1n) is 5.87. The molecule has 2 rings (SSSR count). The van der Waals surface area contributed by atoms with E-state index in [-0.39, 0.29) is 13.2 Å². The maximum Gasteiger partial charge on any atom is 0.206 e. The van der Waals surface area contributed by atoms with Gasteiger partial charge in [-0.3, -0.25) is 0 Å². The van der Waals surface area contributed by atoms with Gasteiger partial charge in [0, 0.05) is 6.54 Å². The van der Waals surface area contributed by atoms with E-state index in [0.29, 0.717) is 5.92 Å². The van der Waals surface area contributed by atoms with Gasteiger partial charge in [0.15, 0.2) is 5.75 Å². The number of hydrogen-bond acceptors (Lipinski definition) is 2. The topological polar surface area (TPSA) is 21.3 Å². The summed E-state index contributed by atoms with van der Waals surface area (Å²) in [6.07, 6.45) is 2.29. The van der Waals surface area contributed by atoms with E-state index in [2.05, 4.69) is 10.1 Å². The molecule has 1 aromatic rings. The van der Waals surface area contributed by atoms with E-state index < -0.39 is 34.8 Å². The Morgan fingerprint density at radius 2 is 1.42 bits per heavy atom. The number of halogens is 5. The van der Waals surface area contributed by atoms with Gasteiger partial charge in [-0.2, -0.15) is 8.78 Å². The molecule has 1 N–H and O–H groups in total. The van der Waals surface area contributed by atoms with Crippen LogP contribution in [-0.4, -0.2) is 19.7 Å². The van der Waals surface area contributed by atoms with Gasteiger partial charge in [-0.1, -0.05) is 0 Å². The molecule has 0 radical (unpaired) electrons. The predicted molar refractivity (Wildman–Crippen MR) is 57.3 cm³/mol. The highest BCUT2D eigenvalue weighted by atomic mass is 19.2. The van der Waals surface area contributed by atoms with Gasteiger partial charge in [-0.15, -0.1) is 0 Å². The predicted octanol–water partition coefficient (Wildman–Crippen LogP) is 2.76. The number of benzene rings is 1. The molecule has 106 valence electrons. The molecule has 0 heterocycles. The summed E-state index contributed by atoms with van der Waals surface area (Å²) in [6.45, 7) is 0.863. The zero-order chi connectivity index (χ0) is 14.0. The summed E-state index contributed by atoms with van der Waals surface area (Å²) in [5, 5.41) is 2.97. The fourth-order valence-corrected chi connectivity index (χ4v) is 1.56. The van der Waals surface area contributed by atoms with E-state index in [9.17, 15) is 22.0 Å². The van der Waals surface area contributed by atoms with Crippen LogP contribution in [0, 0.1) is 35.0 Å². The SMILES string of the molecule is Fc1c(F)c(F)c(OCCNCC2CC2)c(F)c1F. The van der Waals surface area contributed by atoms with Crippen molar-refractivity contribution < 1.29 is 26.7 Å². The molecule has 1 saturated carbocycles. The van der Waals surface area contributed by atoms with Crippen molar-refractivity contribution in [3.63, 3.8) is 0 Å². The lowest BCUT2D eigenvalue weighted by molar-refractivity contribution is 0.261. The summed E-state index contributed by atoms with van der Waals surface area (Å²) >= 11 is 0. The summed E-state index contributed by atoms with van der Waals surface area (Å²) in [5.74, 6) is -10.7. The lowest BCUT2D eigenvalue weighted by atomic mass is 10.2. The zero-order valence-corrected chi connectivity index (χ0v) is 9.91. The molecule has 0 bridgehead atoms. The van der Waals surface area contributed by atoms with Crippen molar-refractivity contribution in [2.45, 2.75) is 12.8 Å². The second-order valence-corrected chi connectivity index (χ2v) is 4.39. The van der Waals surface area contributed by atoms with E-state index in [1.54, 1.807) is 0 Å². The molecule has 0 spiro atoms. The molecular weight excluding hydrogens is 269 g/mol. The van der Waals surface area contributed by atoms with Gasteiger partial charge in [0.1, 0.15) is 6.61 Å². The Morgan fingerprint density at radius 1 is 0.895 bits per heavy atom. The van der Waals surface area contributed by atoms with Crippen LogP contribution in [0.25, 0.3) is 0 Å². The minimum Gasteiger partial charge on any atom is -0.486 e. The van der Waals surface area contributed by atoms with Gasteiger partial charge in [0.2, 0.25) is 29.1 Å². The van der Waals surface area contributed by atoms with Gasteiger partial charge in [0.25, 0.3) is 0 Å². The molecule has 1 aromatic carbocycles. The largest absolute Gasteiger partial charge is 0.486 e. The van der Waals surface area contributed by atoms with Crippen LogP contribution in [0.5, 0.6) is 5.75 Å². The molecule has 0 amide bonds. The van der Waals surface area contributed by atoms with Crippen molar-refractivity contribution in [2.24, 2.45) is 5.92 Å². The van der Waals surface area contributed by atoms with Gasteiger partial charge in [0.05, 0.1) is 0 Å². The van der Waals surface area contributed by atoms with E-state index in [1.165, 1.54) is 0 Å². The average Bonchev–Trinajstić information content (AvgIpc) is 3.21. The Balaban J connectivity index is 1.94. The Morgan fingerprint density at radius 3 is 1.95 bits per heavy atom. The monoisotopic (exact) mass is 281 g/mol. The molecule has 0 aliphatic heterocycles. The van der Waals surface area contributed by atoms with Crippen molar-refractivity contribution in [1.29, 1.82) is 0 Å². The van der Waals surface area contributed by atoms with Crippen molar-refractivity contribution in [3.8, 4) is 5.75 Å². The Kier molecular flexibility index (Phi) is 4.24. The first-order chi connectivity index (χ1) is 9.02. The van der Waals surface area contributed by atoms with Crippen LogP contribution < -0.4 is 10.1 Å². The standard InChI is InChI=1S/C12H12F5NO/c13-7-8(14)10(16)12(11(17)9(7)15)19-4-3-18-5-6-1-2-6/h6,18H,1-5H2. The first kappa shape index (κ1) is 14.0. The van der Waals surface area contributed by atoms with Crippen LogP contribution in [0.4, 0.5) is 22.0 Å². The van der Waals surface area contributed by atoms with Gasteiger partial charge in [-0.05, 0) is 25.3 Å². The highest BCUT2D eigenvalue weighted by Gasteiger charge is 2.27. The average molecular weight is 281 g/mol. The van der Waals surface area contributed by atoms with Crippen LogP contribution in [-0.2, 0) is 0 Å². The number of ether oxygens (including phenoxy) is 1. The Bertz CT molecular complexity index is 447. The smallest absolute Gasteiger partial charge is 0.206 e. The number of hydrogen-bond donors (Lipinski definition) is 1. The Labute approximate surface area is 106 Å². The fraction of sp³-hybridized carbons (Fsp3) is 0.500. The lowest BCUT2D eigenvalue weighted by Gasteiger charge is -2.10. The van der Waals surface area contributed by atoms with Crippen molar-refractivity contribution in [3.05, 3.63) is 29.1 Å². The third kappa shape index (κ3) is 3.15. The summed E-state index contributed by atoms with van der Waals surface area (Å²) in [6, 6.07) is 0. The lowest BCUT2D eigenvalue weighted by Crippen LogP contribution is -2.23. The van der Waals surface area contributed by atoms with E-state index >= 15 is 0 Å². The van der Waals surface area contributed by atoms with Crippen LogP contribution in [0.2, 0.25) is 0 Å². The van der Waals surface area contributed by atoms with E-state index in [1.807, 2.05) is 0 Å². The Hall–Kier alpha value is -1.37. The maximum atomic E-state index is 13.2. The molecule has 1 aliphatic rings. The van der Waals surface area contributed by atoms with Crippen LogP contribution in [0.1, 0.15) is 12.8 Å². The molecule has 1 aliphatic carbocycles.